The minimum atomic E-state index is -4.90. The molecule has 4 rings (SSSR count). The summed E-state index contributed by atoms with van der Waals surface area (Å²) in [5.41, 5.74) is -1.40. The number of aliphatic hydroxyl groups is 1. The van der Waals surface area contributed by atoms with Crippen LogP contribution >= 0.6 is 0 Å². The van der Waals surface area contributed by atoms with Gasteiger partial charge in [0.05, 0.1) is 24.9 Å². The van der Waals surface area contributed by atoms with Crippen molar-refractivity contribution in [3.8, 4) is 22.8 Å². The number of rotatable bonds is 9. The first-order chi connectivity index (χ1) is 17.8. The Hall–Kier alpha value is -3.66. The average Bonchev–Trinajstić information content (AvgIpc) is 3.24. The first kappa shape index (κ1) is 27.4. The van der Waals surface area contributed by atoms with E-state index in [1.807, 2.05) is 13.8 Å². The van der Waals surface area contributed by atoms with E-state index in [-0.39, 0.29) is 11.8 Å². The molecular weight excluding hydrogens is 497 g/mol. The minimum absolute atomic E-state index is 0.0965. The fourth-order valence-corrected chi connectivity index (χ4v) is 4.74. The number of nitrogens with one attached hydrogen (secondary N) is 1. The van der Waals surface area contributed by atoms with Gasteiger partial charge < -0.3 is 19.6 Å². The van der Waals surface area contributed by atoms with Gasteiger partial charge in [0.1, 0.15) is 12.1 Å². The van der Waals surface area contributed by atoms with Crippen molar-refractivity contribution in [3.05, 3.63) is 66.5 Å². The summed E-state index contributed by atoms with van der Waals surface area (Å²) in [5.74, 6) is 0.801. The van der Waals surface area contributed by atoms with Gasteiger partial charge in [-0.05, 0) is 49.4 Å². The van der Waals surface area contributed by atoms with Crippen molar-refractivity contribution in [3.63, 3.8) is 0 Å². The predicted molar refractivity (Wildman–Crippen MR) is 138 cm³/mol. The van der Waals surface area contributed by atoms with E-state index in [0.717, 1.165) is 5.56 Å². The number of H-pyrrole nitrogens is 1. The zero-order valence-corrected chi connectivity index (χ0v) is 21.9. The van der Waals surface area contributed by atoms with Gasteiger partial charge in [0.25, 0.3) is 0 Å². The molecule has 1 unspecified atom stereocenters. The van der Waals surface area contributed by atoms with E-state index in [1.54, 1.807) is 56.6 Å². The summed E-state index contributed by atoms with van der Waals surface area (Å²) in [5, 5.41) is 11.8. The molecule has 202 valence electrons. The van der Waals surface area contributed by atoms with Crippen LogP contribution in [0.1, 0.15) is 45.4 Å². The lowest BCUT2D eigenvalue weighted by molar-refractivity contribution is -0.266. The summed E-state index contributed by atoms with van der Waals surface area (Å²) in [4.78, 5) is 15.2. The van der Waals surface area contributed by atoms with Gasteiger partial charge in [-0.15, -0.1) is 0 Å². The van der Waals surface area contributed by atoms with Gasteiger partial charge in [0, 0.05) is 47.1 Å². The maximum Gasteiger partial charge on any atom is 0.417 e. The summed E-state index contributed by atoms with van der Waals surface area (Å²) in [6.07, 6.45) is -0.103. The van der Waals surface area contributed by atoms with Crippen molar-refractivity contribution in [2.45, 2.75) is 63.8 Å². The van der Waals surface area contributed by atoms with Gasteiger partial charge in [0.15, 0.2) is 5.60 Å². The topological polar surface area (TPSA) is 93.2 Å². The number of hydrogen-bond donors (Lipinski definition) is 2. The third-order valence-corrected chi connectivity index (χ3v) is 6.46. The smallest absolute Gasteiger partial charge is 0.417 e. The van der Waals surface area contributed by atoms with Gasteiger partial charge in [-0.1, -0.05) is 19.9 Å². The standard InChI is InChI=1S/C28H31F3N4O3/c1-17(2)38-25-10-19-8-21(35-23(19)14-34-25)11-27(36,28(29,30)31)15-26(3,4)22-9-18(6-7-24(22)37-5)20-12-32-16-33-13-20/h6-10,12-14,16-17,35-36H,11,15H2,1-5H3. The van der Waals surface area contributed by atoms with Crippen LogP contribution in [0.15, 0.2) is 55.2 Å². The molecule has 0 fully saturated rings. The molecule has 0 aliphatic heterocycles. The first-order valence-electron chi connectivity index (χ1n) is 12.2. The number of alkyl halides is 3. The molecule has 0 saturated carbocycles. The summed E-state index contributed by atoms with van der Waals surface area (Å²) < 4.78 is 54.5. The van der Waals surface area contributed by atoms with E-state index in [9.17, 15) is 18.3 Å². The predicted octanol–water partition coefficient (Wildman–Crippen LogP) is 6.02. The maximum absolute atomic E-state index is 14.5. The number of hydrogen-bond acceptors (Lipinski definition) is 6. The van der Waals surface area contributed by atoms with Crippen molar-refractivity contribution in [1.82, 2.24) is 19.9 Å². The molecule has 10 heteroatoms. The molecule has 4 aromatic rings. The van der Waals surface area contributed by atoms with Crippen LogP contribution in [0.2, 0.25) is 0 Å². The Balaban J connectivity index is 1.69. The van der Waals surface area contributed by atoms with Gasteiger partial charge in [0.2, 0.25) is 5.88 Å². The Bertz CT molecular complexity index is 1400. The Morgan fingerprint density at radius 3 is 2.34 bits per heavy atom. The molecule has 38 heavy (non-hydrogen) atoms. The molecule has 1 atom stereocenters. The van der Waals surface area contributed by atoms with E-state index >= 15 is 0 Å². The lowest BCUT2D eigenvalue weighted by atomic mass is 9.72. The molecule has 0 aliphatic rings. The zero-order valence-electron chi connectivity index (χ0n) is 21.9. The van der Waals surface area contributed by atoms with E-state index in [2.05, 4.69) is 19.9 Å². The minimum Gasteiger partial charge on any atom is -0.496 e. The zero-order chi connectivity index (χ0) is 27.7. The second-order valence-corrected chi connectivity index (χ2v) is 10.4. The molecule has 3 aromatic heterocycles. The van der Waals surface area contributed by atoms with Crippen molar-refractivity contribution < 1.29 is 27.8 Å². The third kappa shape index (κ3) is 5.75. The summed E-state index contributed by atoms with van der Waals surface area (Å²) in [6.45, 7) is 7.05. The summed E-state index contributed by atoms with van der Waals surface area (Å²) in [7, 11) is 1.46. The van der Waals surface area contributed by atoms with E-state index in [0.29, 0.717) is 33.7 Å². The van der Waals surface area contributed by atoms with E-state index in [4.69, 9.17) is 9.47 Å². The van der Waals surface area contributed by atoms with Gasteiger partial charge >= 0.3 is 6.18 Å². The van der Waals surface area contributed by atoms with Crippen molar-refractivity contribution >= 4 is 10.9 Å². The molecule has 0 amide bonds. The molecule has 0 spiro atoms. The second kappa shape index (κ2) is 10.2. The summed E-state index contributed by atoms with van der Waals surface area (Å²) >= 11 is 0. The fraction of sp³-hybridized carbons (Fsp3) is 0.393. The highest BCUT2D eigenvalue weighted by molar-refractivity contribution is 5.80. The molecule has 2 N–H and O–H groups in total. The molecule has 7 nitrogen and oxygen atoms in total. The monoisotopic (exact) mass is 528 g/mol. The molecule has 0 bridgehead atoms. The number of pyridine rings is 1. The van der Waals surface area contributed by atoms with Crippen LogP contribution in [-0.4, -0.2) is 50.0 Å². The molecule has 0 radical (unpaired) electrons. The van der Waals surface area contributed by atoms with Crippen LogP contribution in [0.3, 0.4) is 0 Å². The number of halogens is 3. The van der Waals surface area contributed by atoms with Crippen LogP contribution < -0.4 is 9.47 Å². The fourth-order valence-electron chi connectivity index (χ4n) is 4.74. The number of ether oxygens (including phenoxy) is 2. The molecule has 1 aromatic carbocycles. The van der Waals surface area contributed by atoms with Crippen LogP contribution in [-0.2, 0) is 11.8 Å². The molecule has 0 saturated heterocycles. The lowest BCUT2D eigenvalue weighted by Crippen LogP contribution is -2.51. The molecular formula is C28H31F3N4O3. The van der Waals surface area contributed by atoms with Gasteiger partial charge in [-0.2, -0.15) is 13.2 Å². The Kier molecular flexibility index (Phi) is 7.38. The average molecular weight is 529 g/mol. The van der Waals surface area contributed by atoms with Crippen molar-refractivity contribution in [2.75, 3.05) is 7.11 Å². The van der Waals surface area contributed by atoms with Crippen LogP contribution in [0, 0.1) is 0 Å². The second-order valence-electron chi connectivity index (χ2n) is 10.4. The van der Waals surface area contributed by atoms with Crippen LogP contribution in [0.5, 0.6) is 11.6 Å². The van der Waals surface area contributed by atoms with Crippen LogP contribution in [0.25, 0.3) is 22.0 Å². The Labute approximate surface area is 219 Å². The third-order valence-electron chi connectivity index (χ3n) is 6.46. The van der Waals surface area contributed by atoms with E-state index < -0.39 is 30.0 Å². The highest BCUT2D eigenvalue weighted by Gasteiger charge is 2.56. The van der Waals surface area contributed by atoms with Gasteiger partial charge in [-0.25, -0.2) is 15.0 Å². The summed E-state index contributed by atoms with van der Waals surface area (Å²) in [6, 6.07) is 8.51. The SMILES string of the molecule is COc1ccc(-c2cncnc2)cc1C(C)(C)CC(O)(Cc1cc2cc(OC(C)C)ncc2[nH]1)C(F)(F)F. The number of aromatic nitrogens is 4. The highest BCUT2D eigenvalue weighted by atomic mass is 19.4. The Morgan fingerprint density at radius 2 is 1.71 bits per heavy atom. The first-order valence-corrected chi connectivity index (χ1v) is 12.2. The molecule has 3 heterocycles. The number of methoxy groups -OCH3 is 1. The lowest BCUT2D eigenvalue weighted by Gasteiger charge is -2.38. The highest BCUT2D eigenvalue weighted by Crippen LogP contribution is 2.46. The molecule has 0 aliphatic carbocycles. The largest absolute Gasteiger partial charge is 0.496 e. The normalized spacial score (nSPS) is 14.1. The van der Waals surface area contributed by atoms with Gasteiger partial charge in [-0.3, -0.25) is 0 Å². The maximum atomic E-state index is 14.5. The number of fused-ring (bicyclic) bond motifs is 1. The number of nitrogens with zero attached hydrogens (tertiary/aromatic N) is 3. The van der Waals surface area contributed by atoms with Crippen molar-refractivity contribution in [2.24, 2.45) is 0 Å². The Morgan fingerprint density at radius 1 is 1.00 bits per heavy atom. The number of aromatic amines is 1. The number of benzene rings is 1. The van der Waals surface area contributed by atoms with Crippen molar-refractivity contribution in [1.29, 1.82) is 0 Å². The van der Waals surface area contributed by atoms with Crippen LogP contribution in [0.4, 0.5) is 13.2 Å². The van der Waals surface area contributed by atoms with E-state index in [1.165, 1.54) is 19.6 Å². The quantitative estimate of drug-likeness (QED) is 0.276.